The lowest BCUT2D eigenvalue weighted by Crippen LogP contribution is -2.12. The van der Waals surface area contributed by atoms with Gasteiger partial charge in [-0.1, -0.05) is 77.9 Å². The zero-order valence-corrected chi connectivity index (χ0v) is 17.6. The Morgan fingerprint density at radius 1 is 1.08 bits per heavy atom. The molecule has 3 rings (SSSR count). The summed E-state index contributed by atoms with van der Waals surface area (Å²) in [6.45, 7) is 0. The molecule has 0 aliphatic carbocycles. The van der Waals surface area contributed by atoms with Crippen LogP contribution in [-0.4, -0.2) is 13.7 Å². The van der Waals surface area contributed by atoms with Crippen molar-refractivity contribution in [2.24, 2.45) is 0 Å². The van der Waals surface area contributed by atoms with Gasteiger partial charge in [0.15, 0.2) is 0 Å². The summed E-state index contributed by atoms with van der Waals surface area (Å²) in [6.07, 6.45) is 5.27. The van der Waals surface area contributed by atoms with Crippen LogP contribution >= 0.6 is 59.8 Å². The SMILES string of the molecule is S=C(SC(c1ccc(Cl)cc1)C(Cl)n1ccnc1)C(S)c1ccccc1. The maximum atomic E-state index is 6.77. The standard InChI is InChI=1S/C19H16Cl2N2S3/c20-15-8-6-14(7-9-15)17(18(21)23-11-10-22-12-23)26-19(25)16(24)13-4-2-1-3-5-13/h1-12,16-18,24H. The van der Waals surface area contributed by atoms with Gasteiger partial charge in [0, 0.05) is 17.4 Å². The van der Waals surface area contributed by atoms with Gasteiger partial charge in [0.2, 0.25) is 0 Å². The van der Waals surface area contributed by atoms with Crippen molar-refractivity contribution in [2.45, 2.75) is 16.0 Å². The molecule has 2 aromatic carbocycles. The summed E-state index contributed by atoms with van der Waals surface area (Å²) in [5.74, 6) is 0. The number of imidazole rings is 1. The number of thiocarbonyl (C=S) groups is 1. The highest BCUT2D eigenvalue weighted by Crippen LogP contribution is 2.45. The Balaban J connectivity index is 1.85. The van der Waals surface area contributed by atoms with Gasteiger partial charge in [-0.3, -0.25) is 0 Å². The van der Waals surface area contributed by atoms with Crippen LogP contribution in [0.15, 0.2) is 73.3 Å². The van der Waals surface area contributed by atoms with Crippen LogP contribution in [0.3, 0.4) is 0 Å². The molecule has 0 saturated carbocycles. The molecule has 3 atom stereocenters. The highest BCUT2D eigenvalue weighted by Gasteiger charge is 2.27. The number of benzene rings is 2. The minimum atomic E-state index is -0.349. The third-order valence-corrected chi connectivity index (χ3v) is 7.40. The zero-order valence-electron chi connectivity index (χ0n) is 13.6. The van der Waals surface area contributed by atoms with Crippen LogP contribution in [0, 0.1) is 0 Å². The summed E-state index contributed by atoms with van der Waals surface area (Å²) in [4.78, 5) is 4.10. The Bertz CT molecular complexity index is 839. The number of halogens is 2. The summed E-state index contributed by atoms with van der Waals surface area (Å²) in [7, 11) is 0. The molecule has 3 aromatic rings. The molecule has 3 unspecified atom stereocenters. The van der Waals surface area contributed by atoms with E-state index in [0.29, 0.717) is 5.02 Å². The maximum Gasteiger partial charge on any atom is 0.125 e. The first kappa shape index (κ1) is 19.8. The van der Waals surface area contributed by atoms with Crippen LogP contribution in [0.1, 0.15) is 27.1 Å². The van der Waals surface area contributed by atoms with Crippen molar-refractivity contribution in [2.75, 3.05) is 0 Å². The Hall–Kier alpha value is -0.980. The number of rotatable bonds is 6. The van der Waals surface area contributed by atoms with Crippen molar-refractivity contribution >= 4 is 64.0 Å². The smallest absolute Gasteiger partial charge is 0.125 e. The fourth-order valence-electron chi connectivity index (χ4n) is 2.47. The molecule has 0 aliphatic rings. The average molecular weight is 439 g/mol. The van der Waals surface area contributed by atoms with Crippen LogP contribution in [0.25, 0.3) is 0 Å². The predicted octanol–water partition coefficient (Wildman–Crippen LogP) is 6.75. The molecule has 26 heavy (non-hydrogen) atoms. The molecule has 1 aromatic heterocycles. The normalized spacial score (nSPS) is 14.6. The van der Waals surface area contributed by atoms with E-state index in [1.807, 2.05) is 65.4 Å². The van der Waals surface area contributed by atoms with Gasteiger partial charge >= 0.3 is 0 Å². The van der Waals surface area contributed by atoms with E-state index in [4.69, 9.17) is 48.0 Å². The molecular weight excluding hydrogens is 423 g/mol. The van der Waals surface area contributed by atoms with Crippen LogP contribution in [-0.2, 0) is 0 Å². The van der Waals surface area contributed by atoms with Gasteiger partial charge in [-0.25, -0.2) is 4.98 Å². The number of nitrogens with zero attached hydrogens (tertiary/aromatic N) is 2. The van der Waals surface area contributed by atoms with Crippen LogP contribution < -0.4 is 0 Å². The lowest BCUT2D eigenvalue weighted by molar-refractivity contribution is 0.653. The van der Waals surface area contributed by atoms with Crippen molar-refractivity contribution in [3.63, 3.8) is 0 Å². The van der Waals surface area contributed by atoms with Gasteiger partial charge in [-0.2, -0.15) is 12.6 Å². The second-order valence-electron chi connectivity index (χ2n) is 5.60. The molecule has 0 spiro atoms. The molecule has 2 nitrogen and oxygen atoms in total. The van der Waals surface area contributed by atoms with Gasteiger partial charge in [0.25, 0.3) is 0 Å². The third-order valence-electron chi connectivity index (χ3n) is 3.84. The predicted molar refractivity (Wildman–Crippen MR) is 120 cm³/mol. The molecule has 0 N–H and O–H groups in total. The first-order chi connectivity index (χ1) is 12.6. The number of thioether (sulfide) groups is 1. The monoisotopic (exact) mass is 438 g/mol. The Morgan fingerprint density at radius 2 is 1.77 bits per heavy atom. The van der Waals surface area contributed by atoms with Crippen molar-refractivity contribution < 1.29 is 0 Å². The van der Waals surface area contributed by atoms with Crippen LogP contribution in [0.5, 0.6) is 0 Å². The molecule has 7 heteroatoms. The van der Waals surface area contributed by atoms with Crippen LogP contribution in [0.4, 0.5) is 0 Å². The van der Waals surface area contributed by atoms with E-state index < -0.39 is 0 Å². The van der Waals surface area contributed by atoms with E-state index >= 15 is 0 Å². The minimum Gasteiger partial charge on any atom is -0.319 e. The lowest BCUT2D eigenvalue weighted by Gasteiger charge is -2.25. The van der Waals surface area contributed by atoms with E-state index in [2.05, 4.69) is 4.98 Å². The molecule has 0 aliphatic heterocycles. The van der Waals surface area contributed by atoms with E-state index in [-0.39, 0.29) is 16.0 Å². The largest absolute Gasteiger partial charge is 0.319 e. The number of hydrogen-bond acceptors (Lipinski definition) is 4. The number of thiol groups is 1. The second-order valence-corrected chi connectivity index (χ2v) is 8.89. The fourth-order valence-corrected chi connectivity index (χ4v) is 4.87. The Kier molecular flexibility index (Phi) is 7.06. The first-order valence-corrected chi connectivity index (χ1v) is 10.5. The van der Waals surface area contributed by atoms with Crippen LogP contribution in [0.2, 0.25) is 5.02 Å². The molecule has 0 radical (unpaired) electrons. The zero-order chi connectivity index (χ0) is 18.5. The van der Waals surface area contributed by atoms with E-state index in [0.717, 1.165) is 15.3 Å². The van der Waals surface area contributed by atoms with Gasteiger partial charge in [-0.05, 0) is 23.3 Å². The van der Waals surface area contributed by atoms with Gasteiger partial charge in [0.1, 0.15) is 5.50 Å². The molecule has 0 amide bonds. The van der Waals surface area contributed by atoms with Crippen molar-refractivity contribution in [1.82, 2.24) is 9.55 Å². The summed E-state index contributed by atoms with van der Waals surface area (Å²) >= 11 is 24.8. The second kappa shape index (κ2) is 9.29. The highest BCUT2D eigenvalue weighted by molar-refractivity contribution is 8.24. The molecule has 0 fully saturated rings. The molecule has 1 heterocycles. The highest BCUT2D eigenvalue weighted by atomic mass is 35.5. The molecule has 134 valence electrons. The Labute approximate surface area is 178 Å². The van der Waals surface area contributed by atoms with Gasteiger partial charge in [-0.15, -0.1) is 11.8 Å². The quantitative estimate of drug-likeness (QED) is 0.260. The maximum absolute atomic E-state index is 6.77. The van der Waals surface area contributed by atoms with Gasteiger partial charge in [0.05, 0.1) is 21.0 Å². The summed E-state index contributed by atoms with van der Waals surface area (Å²) in [5, 5.41) is 0.428. The van der Waals surface area contributed by atoms with Crippen molar-refractivity contribution in [3.8, 4) is 0 Å². The minimum absolute atomic E-state index is 0.103. The number of aromatic nitrogens is 2. The van der Waals surface area contributed by atoms with E-state index in [9.17, 15) is 0 Å². The number of hydrogen-bond donors (Lipinski definition) is 1. The van der Waals surface area contributed by atoms with E-state index in [1.54, 1.807) is 24.3 Å². The molecule has 0 saturated heterocycles. The summed E-state index contributed by atoms with van der Waals surface area (Å²) in [6, 6.07) is 17.7. The average Bonchev–Trinajstić information content (AvgIpc) is 3.21. The van der Waals surface area contributed by atoms with Crippen molar-refractivity contribution in [1.29, 1.82) is 0 Å². The number of alkyl halides is 1. The third kappa shape index (κ3) is 4.84. The Morgan fingerprint density at radius 3 is 2.38 bits per heavy atom. The topological polar surface area (TPSA) is 17.8 Å². The first-order valence-electron chi connectivity index (χ1n) is 7.87. The molecule has 0 bridgehead atoms. The lowest BCUT2D eigenvalue weighted by atomic mass is 10.1. The molecular formula is C19H16Cl2N2S3. The fraction of sp³-hybridized carbons (Fsp3) is 0.158. The van der Waals surface area contributed by atoms with E-state index in [1.165, 1.54) is 0 Å². The summed E-state index contributed by atoms with van der Waals surface area (Å²) in [5.41, 5.74) is 1.76. The van der Waals surface area contributed by atoms with Crippen molar-refractivity contribution in [3.05, 3.63) is 89.5 Å². The summed E-state index contributed by atoms with van der Waals surface area (Å²) < 4.78 is 2.64. The van der Waals surface area contributed by atoms with Gasteiger partial charge < -0.3 is 4.57 Å².